The molecule has 0 saturated carbocycles. The second-order valence-corrected chi connectivity index (χ2v) is 5.84. The van der Waals surface area contributed by atoms with Gasteiger partial charge < -0.3 is 4.90 Å². The fourth-order valence-electron chi connectivity index (χ4n) is 2.55. The summed E-state index contributed by atoms with van der Waals surface area (Å²) in [6, 6.07) is 5.62. The molecular weight excluding hydrogens is 270 g/mol. The molecule has 3 nitrogen and oxygen atoms in total. The molecule has 2 aromatic rings. The monoisotopic (exact) mass is 285 g/mol. The van der Waals surface area contributed by atoms with Gasteiger partial charge in [0.1, 0.15) is 0 Å². The van der Waals surface area contributed by atoms with Crippen LogP contribution >= 0.6 is 11.3 Å². The fraction of sp³-hybridized carbons (Fsp3) is 0.250. The molecule has 0 fully saturated rings. The van der Waals surface area contributed by atoms with Gasteiger partial charge in [-0.1, -0.05) is 0 Å². The van der Waals surface area contributed by atoms with Gasteiger partial charge in [-0.2, -0.15) is 11.3 Å². The first-order valence-corrected chi connectivity index (χ1v) is 7.49. The Kier molecular flexibility index (Phi) is 3.18. The van der Waals surface area contributed by atoms with Gasteiger partial charge in [-0.05, 0) is 48.1 Å². The van der Waals surface area contributed by atoms with Crippen molar-refractivity contribution < 1.29 is 9.59 Å². The van der Waals surface area contributed by atoms with E-state index in [1.165, 1.54) is 0 Å². The van der Waals surface area contributed by atoms with Crippen LogP contribution in [-0.2, 0) is 11.2 Å². The number of amides is 1. The third-order valence-electron chi connectivity index (χ3n) is 3.79. The third kappa shape index (κ3) is 2.06. The number of carbonyl (C=O) groups is 2. The number of aryl methyl sites for hydroxylation is 2. The number of carbonyl (C=O) groups excluding carboxylic acids is 2. The lowest BCUT2D eigenvalue weighted by atomic mass is 9.95. The van der Waals surface area contributed by atoms with Crippen molar-refractivity contribution in [3.8, 4) is 0 Å². The van der Waals surface area contributed by atoms with Crippen LogP contribution in [0.1, 0.15) is 33.5 Å². The molecule has 0 bridgehead atoms. The van der Waals surface area contributed by atoms with E-state index in [0.717, 1.165) is 22.4 Å². The zero-order valence-electron chi connectivity index (χ0n) is 11.5. The zero-order chi connectivity index (χ0) is 14.3. The van der Waals surface area contributed by atoms with Crippen LogP contribution < -0.4 is 4.90 Å². The van der Waals surface area contributed by atoms with Gasteiger partial charge in [0.2, 0.25) is 5.91 Å². The van der Waals surface area contributed by atoms with E-state index in [9.17, 15) is 9.59 Å². The number of ketones is 1. The van der Waals surface area contributed by atoms with Crippen molar-refractivity contribution in [3.05, 3.63) is 51.2 Å². The standard InChI is InChI=1S/C16H15NO2S/c1-10-8-20-9-13(10)16(19)12-3-5-14-11(7-12)4-6-15(18)17(14)2/h3,5,7-9H,4,6H2,1-2H3. The number of hydrogen-bond acceptors (Lipinski definition) is 3. The highest BCUT2D eigenvalue weighted by Gasteiger charge is 2.22. The predicted octanol–water partition coefficient (Wildman–Crippen LogP) is 3.20. The van der Waals surface area contributed by atoms with Crippen molar-refractivity contribution in [2.75, 3.05) is 11.9 Å². The molecule has 0 N–H and O–H groups in total. The Morgan fingerprint density at radius 1 is 1.25 bits per heavy atom. The number of benzene rings is 1. The van der Waals surface area contributed by atoms with Gasteiger partial charge in [0.25, 0.3) is 0 Å². The molecule has 20 heavy (non-hydrogen) atoms. The van der Waals surface area contributed by atoms with Gasteiger partial charge in [-0.15, -0.1) is 0 Å². The Morgan fingerprint density at radius 3 is 2.75 bits per heavy atom. The summed E-state index contributed by atoms with van der Waals surface area (Å²) in [6.07, 6.45) is 1.22. The second-order valence-electron chi connectivity index (χ2n) is 5.09. The summed E-state index contributed by atoms with van der Waals surface area (Å²) in [5.74, 6) is 0.191. The zero-order valence-corrected chi connectivity index (χ0v) is 12.3. The van der Waals surface area contributed by atoms with Crippen molar-refractivity contribution >= 4 is 28.7 Å². The fourth-order valence-corrected chi connectivity index (χ4v) is 3.37. The van der Waals surface area contributed by atoms with Gasteiger partial charge in [-0.25, -0.2) is 0 Å². The van der Waals surface area contributed by atoms with E-state index in [-0.39, 0.29) is 11.7 Å². The highest BCUT2D eigenvalue weighted by molar-refractivity contribution is 7.08. The summed E-state index contributed by atoms with van der Waals surface area (Å²) >= 11 is 1.54. The number of nitrogens with zero attached hydrogens (tertiary/aromatic N) is 1. The van der Waals surface area contributed by atoms with Crippen molar-refractivity contribution in [2.24, 2.45) is 0 Å². The molecular formula is C16H15NO2S. The lowest BCUT2D eigenvalue weighted by molar-refractivity contribution is -0.118. The molecule has 0 radical (unpaired) electrons. The average molecular weight is 285 g/mol. The summed E-state index contributed by atoms with van der Waals surface area (Å²) < 4.78 is 0. The third-order valence-corrected chi connectivity index (χ3v) is 4.65. The molecule has 3 rings (SSSR count). The Bertz CT molecular complexity index is 702. The van der Waals surface area contributed by atoms with Gasteiger partial charge >= 0.3 is 0 Å². The highest BCUT2D eigenvalue weighted by Crippen LogP contribution is 2.29. The van der Waals surface area contributed by atoms with Crippen LogP contribution in [0.4, 0.5) is 5.69 Å². The van der Waals surface area contributed by atoms with E-state index < -0.39 is 0 Å². The molecule has 0 unspecified atom stereocenters. The van der Waals surface area contributed by atoms with E-state index in [0.29, 0.717) is 18.4 Å². The van der Waals surface area contributed by atoms with Crippen LogP contribution in [0.5, 0.6) is 0 Å². The SMILES string of the molecule is Cc1cscc1C(=O)c1ccc2c(c1)CCC(=O)N2C. The minimum atomic E-state index is 0.0612. The van der Waals surface area contributed by atoms with Gasteiger partial charge in [0.05, 0.1) is 0 Å². The molecule has 102 valence electrons. The largest absolute Gasteiger partial charge is 0.315 e. The average Bonchev–Trinajstić information content (AvgIpc) is 2.88. The first kappa shape index (κ1) is 13.1. The van der Waals surface area contributed by atoms with Crippen LogP contribution in [0, 0.1) is 6.92 Å². The van der Waals surface area contributed by atoms with Crippen molar-refractivity contribution in [1.82, 2.24) is 0 Å². The topological polar surface area (TPSA) is 37.4 Å². The molecule has 0 saturated heterocycles. The number of thiophene rings is 1. The Balaban J connectivity index is 1.99. The van der Waals surface area contributed by atoms with Crippen molar-refractivity contribution in [2.45, 2.75) is 19.8 Å². The smallest absolute Gasteiger partial charge is 0.227 e. The molecule has 1 aromatic carbocycles. The minimum Gasteiger partial charge on any atom is -0.315 e. The second kappa shape index (κ2) is 4.87. The predicted molar refractivity (Wildman–Crippen MR) is 80.7 cm³/mol. The first-order chi connectivity index (χ1) is 9.58. The number of hydrogen-bond donors (Lipinski definition) is 0. The van der Waals surface area contributed by atoms with E-state index in [1.54, 1.807) is 23.3 Å². The normalized spacial score (nSPS) is 14.3. The van der Waals surface area contributed by atoms with Crippen LogP contribution in [0.3, 0.4) is 0 Å². The number of rotatable bonds is 2. The van der Waals surface area contributed by atoms with Crippen LogP contribution in [0.25, 0.3) is 0 Å². The summed E-state index contributed by atoms with van der Waals surface area (Å²) in [5.41, 5.74) is 4.49. The van der Waals surface area contributed by atoms with Gasteiger partial charge in [0, 0.05) is 35.7 Å². The number of anilines is 1. The van der Waals surface area contributed by atoms with Gasteiger partial charge in [-0.3, -0.25) is 9.59 Å². The lowest BCUT2D eigenvalue weighted by Crippen LogP contribution is -2.31. The summed E-state index contributed by atoms with van der Waals surface area (Å²) in [4.78, 5) is 25.8. The van der Waals surface area contributed by atoms with E-state index in [1.807, 2.05) is 35.9 Å². The summed E-state index contributed by atoms with van der Waals surface area (Å²) in [7, 11) is 1.78. The Morgan fingerprint density at radius 2 is 2.05 bits per heavy atom. The van der Waals surface area contributed by atoms with Crippen molar-refractivity contribution in [1.29, 1.82) is 0 Å². The summed E-state index contributed by atoms with van der Waals surface area (Å²) in [6.45, 7) is 1.95. The quantitative estimate of drug-likeness (QED) is 0.795. The van der Waals surface area contributed by atoms with Crippen LogP contribution in [0.15, 0.2) is 29.0 Å². The van der Waals surface area contributed by atoms with Crippen LogP contribution in [0.2, 0.25) is 0 Å². The molecule has 1 aliphatic rings. The maximum Gasteiger partial charge on any atom is 0.227 e. The van der Waals surface area contributed by atoms with Gasteiger partial charge in [0.15, 0.2) is 5.78 Å². The highest BCUT2D eigenvalue weighted by atomic mass is 32.1. The first-order valence-electron chi connectivity index (χ1n) is 6.55. The van der Waals surface area contributed by atoms with Crippen molar-refractivity contribution in [3.63, 3.8) is 0 Å². The summed E-state index contributed by atoms with van der Waals surface area (Å²) in [5, 5.41) is 3.88. The maximum atomic E-state index is 12.5. The Hall–Kier alpha value is -1.94. The molecule has 1 aliphatic heterocycles. The van der Waals surface area contributed by atoms with E-state index in [2.05, 4.69) is 0 Å². The molecule has 0 spiro atoms. The Labute approximate surface area is 121 Å². The van der Waals surface area contributed by atoms with Crippen LogP contribution in [-0.4, -0.2) is 18.7 Å². The molecule has 1 amide bonds. The molecule has 2 heterocycles. The number of fused-ring (bicyclic) bond motifs is 1. The molecule has 1 aromatic heterocycles. The minimum absolute atomic E-state index is 0.0612. The molecule has 0 atom stereocenters. The molecule has 0 aliphatic carbocycles. The van der Waals surface area contributed by atoms with E-state index in [4.69, 9.17) is 0 Å². The lowest BCUT2D eigenvalue weighted by Gasteiger charge is -2.26. The van der Waals surface area contributed by atoms with E-state index >= 15 is 0 Å². The maximum absolute atomic E-state index is 12.5. The molecule has 4 heteroatoms.